The maximum atomic E-state index is 13.4. The number of hydrogen-bond acceptors (Lipinski definition) is 3. The first kappa shape index (κ1) is 17.5. The van der Waals surface area contributed by atoms with E-state index in [4.69, 9.17) is 4.74 Å². The number of halogens is 2. The molecular weight excluding hydrogens is 336 g/mol. The fourth-order valence-electron chi connectivity index (χ4n) is 3.96. The molecule has 6 heteroatoms. The summed E-state index contributed by atoms with van der Waals surface area (Å²) in [5.41, 5.74) is 2.56. The normalized spacial score (nSPS) is 20.0. The summed E-state index contributed by atoms with van der Waals surface area (Å²) in [5, 5.41) is 4.18. The van der Waals surface area contributed by atoms with Crippen molar-refractivity contribution in [2.75, 3.05) is 19.7 Å². The zero-order chi connectivity index (χ0) is 18.3. The lowest BCUT2D eigenvalue weighted by atomic mass is 9.99. The van der Waals surface area contributed by atoms with Crippen LogP contribution in [0.1, 0.15) is 55.5 Å². The summed E-state index contributed by atoms with van der Waals surface area (Å²) < 4.78 is 34.2. The molecule has 0 saturated carbocycles. The second-order valence-electron chi connectivity index (χ2n) is 7.51. The van der Waals surface area contributed by atoms with E-state index in [0.717, 1.165) is 51.6 Å². The van der Waals surface area contributed by atoms with Crippen molar-refractivity contribution in [2.24, 2.45) is 0 Å². The van der Waals surface area contributed by atoms with E-state index in [1.54, 1.807) is 4.68 Å². The number of ether oxygens (including phenoxy) is 1. The molecule has 1 aromatic heterocycles. The molecule has 1 saturated heterocycles. The zero-order valence-corrected chi connectivity index (χ0v) is 15.3. The number of likely N-dealkylation sites (tertiary alicyclic amines) is 1. The van der Waals surface area contributed by atoms with Gasteiger partial charge in [-0.15, -0.1) is 0 Å². The van der Waals surface area contributed by atoms with Crippen LogP contribution in [-0.4, -0.2) is 34.4 Å². The molecule has 0 radical (unpaired) electrons. The van der Waals surface area contributed by atoms with Crippen molar-refractivity contribution in [3.8, 4) is 5.75 Å². The molecule has 0 amide bonds. The lowest BCUT2D eigenvalue weighted by molar-refractivity contribution is 0.0172. The molecule has 2 aliphatic rings. The number of alkyl halides is 2. The van der Waals surface area contributed by atoms with Gasteiger partial charge in [-0.05, 0) is 37.0 Å². The molecule has 0 aliphatic carbocycles. The maximum Gasteiger partial charge on any atom is 0.273 e. The fraction of sp³-hybridized carbons (Fsp3) is 0.550. The minimum absolute atomic E-state index is 0.00793. The summed E-state index contributed by atoms with van der Waals surface area (Å²) >= 11 is 0. The van der Waals surface area contributed by atoms with E-state index in [9.17, 15) is 8.78 Å². The van der Waals surface area contributed by atoms with Crippen LogP contribution in [0.2, 0.25) is 0 Å². The summed E-state index contributed by atoms with van der Waals surface area (Å²) in [6.45, 7) is 5.78. The van der Waals surface area contributed by atoms with Gasteiger partial charge in [-0.25, -0.2) is 8.78 Å². The van der Waals surface area contributed by atoms with E-state index < -0.39 is 5.92 Å². The monoisotopic (exact) mass is 361 g/mol. The lowest BCUT2D eigenvalue weighted by Gasteiger charge is -2.36. The third-order valence-corrected chi connectivity index (χ3v) is 5.73. The summed E-state index contributed by atoms with van der Waals surface area (Å²) in [7, 11) is 0. The second kappa shape index (κ2) is 6.65. The van der Waals surface area contributed by atoms with Gasteiger partial charge in [0.15, 0.2) is 0 Å². The highest BCUT2D eigenvalue weighted by Gasteiger charge is 2.29. The van der Waals surface area contributed by atoms with Crippen LogP contribution in [0.5, 0.6) is 5.75 Å². The van der Waals surface area contributed by atoms with E-state index >= 15 is 0 Å². The van der Waals surface area contributed by atoms with Crippen molar-refractivity contribution < 1.29 is 13.5 Å². The topological polar surface area (TPSA) is 30.3 Å². The SMILES string of the molecule is CC(c1ccc2c(c1)OCC2)N1CCC(n2cc(C(C)(F)F)cn2)CC1. The Morgan fingerprint density at radius 3 is 2.73 bits per heavy atom. The molecule has 2 aliphatic heterocycles. The third kappa shape index (κ3) is 3.34. The highest BCUT2D eigenvalue weighted by atomic mass is 19.3. The molecule has 0 N–H and O–H groups in total. The van der Waals surface area contributed by atoms with Crippen LogP contribution < -0.4 is 4.74 Å². The van der Waals surface area contributed by atoms with Gasteiger partial charge in [0.1, 0.15) is 5.75 Å². The highest BCUT2D eigenvalue weighted by Crippen LogP contribution is 2.34. The first-order valence-electron chi connectivity index (χ1n) is 9.34. The Morgan fingerprint density at radius 1 is 1.27 bits per heavy atom. The molecule has 1 unspecified atom stereocenters. The molecule has 2 aromatic rings. The van der Waals surface area contributed by atoms with Crippen molar-refractivity contribution in [1.82, 2.24) is 14.7 Å². The third-order valence-electron chi connectivity index (χ3n) is 5.73. The van der Waals surface area contributed by atoms with Crippen LogP contribution in [0.25, 0.3) is 0 Å². The molecule has 0 bridgehead atoms. The maximum absolute atomic E-state index is 13.4. The number of fused-ring (bicyclic) bond motifs is 1. The summed E-state index contributed by atoms with van der Waals surface area (Å²) in [5.74, 6) is -1.81. The van der Waals surface area contributed by atoms with Gasteiger partial charge in [-0.1, -0.05) is 12.1 Å². The summed E-state index contributed by atoms with van der Waals surface area (Å²) in [6, 6.07) is 7.06. The second-order valence-corrected chi connectivity index (χ2v) is 7.51. The minimum atomic E-state index is -2.83. The minimum Gasteiger partial charge on any atom is -0.493 e. The number of rotatable bonds is 4. The van der Waals surface area contributed by atoms with Crippen LogP contribution >= 0.6 is 0 Å². The molecule has 26 heavy (non-hydrogen) atoms. The van der Waals surface area contributed by atoms with Gasteiger partial charge in [0.2, 0.25) is 0 Å². The Kier molecular flexibility index (Phi) is 4.47. The van der Waals surface area contributed by atoms with Gasteiger partial charge >= 0.3 is 0 Å². The van der Waals surface area contributed by atoms with Crippen LogP contribution in [0.15, 0.2) is 30.6 Å². The molecular formula is C20H25F2N3O. The van der Waals surface area contributed by atoms with Gasteiger partial charge < -0.3 is 4.74 Å². The molecule has 1 fully saturated rings. The molecule has 4 rings (SSSR count). The Balaban J connectivity index is 1.39. The van der Waals surface area contributed by atoms with E-state index in [1.807, 2.05) is 0 Å². The number of benzene rings is 1. The van der Waals surface area contributed by atoms with E-state index in [0.29, 0.717) is 6.04 Å². The molecule has 1 aromatic carbocycles. The molecule has 140 valence electrons. The fourth-order valence-corrected chi connectivity index (χ4v) is 3.96. The van der Waals surface area contributed by atoms with Gasteiger partial charge in [0.05, 0.1) is 24.4 Å². The number of aromatic nitrogens is 2. The molecule has 4 nitrogen and oxygen atoms in total. The Hall–Kier alpha value is -1.95. The average Bonchev–Trinajstić information content (AvgIpc) is 3.29. The van der Waals surface area contributed by atoms with E-state index in [-0.39, 0.29) is 11.6 Å². The van der Waals surface area contributed by atoms with Crippen LogP contribution in [0, 0.1) is 0 Å². The number of hydrogen-bond donors (Lipinski definition) is 0. The molecule has 1 atom stereocenters. The zero-order valence-electron chi connectivity index (χ0n) is 15.3. The van der Waals surface area contributed by atoms with Crippen molar-refractivity contribution in [1.29, 1.82) is 0 Å². The van der Waals surface area contributed by atoms with Crippen molar-refractivity contribution in [2.45, 2.75) is 51.1 Å². The summed E-state index contributed by atoms with van der Waals surface area (Å²) in [6.07, 6.45) is 5.63. The lowest BCUT2D eigenvalue weighted by Crippen LogP contribution is -2.36. The summed E-state index contributed by atoms with van der Waals surface area (Å²) in [4.78, 5) is 2.45. The Bertz CT molecular complexity index is 776. The highest BCUT2D eigenvalue weighted by molar-refractivity contribution is 5.41. The van der Waals surface area contributed by atoms with Crippen LogP contribution in [0.3, 0.4) is 0 Å². The standard InChI is InChI=1S/C20H25F2N3O/c1-14(16-4-3-15-7-10-26-19(15)11-16)24-8-5-18(6-9-24)25-13-17(12-23-25)20(2,21)22/h3-4,11-14,18H,5-10H2,1-2H3. The first-order chi connectivity index (χ1) is 12.4. The Morgan fingerprint density at radius 2 is 2.04 bits per heavy atom. The first-order valence-corrected chi connectivity index (χ1v) is 9.34. The van der Waals surface area contributed by atoms with Gasteiger partial charge in [0.25, 0.3) is 5.92 Å². The van der Waals surface area contributed by atoms with Crippen molar-refractivity contribution in [3.05, 3.63) is 47.3 Å². The average molecular weight is 361 g/mol. The quantitative estimate of drug-likeness (QED) is 0.812. The smallest absolute Gasteiger partial charge is 0.273 e. The van der Waals surface area contributed by atoms with Crippen LogP contribution in [-0.2, 0) is 12.3 Å². The van der Waals surface area contributed by atoms with Crippen LogP contribution in [0.4, 0.5) is 8.78 Å². The van der Waals surface area contributed by atoms with Crippen molar-refractivity contribution >= 4 is 0 Å². The number of nitrogens with zero attached hydrogens (tertiary/aromatic N) is 3. The van der Waals surface area contributed by atoms with Gasteiger partial charge in [-0.3, -0.25) is 9.58 Å². The van der Waals surface area contributed by atoms with E-state index in [2.05, 4.69) is 35.1 Å². The predicted octanol–water partition coefficient (Wildman–Crippen LogP) is 4.33. The largest absolute Gasteiger partial charge is 0.493 e. The Labute approximate surface area is 152 Å². The van der Waals surface area contributed by atoms with Crippen molar-refractivity contribution in [3.63, 3.8) is 0 Å². The van der Waals surface area contributed by atoms with E-state index in [1.165, 1.54) is 23.5 Å². The van der Waals surface area contributed by atoms with Gasteiger partial charge in [-0.2, -0.15) is 5.10 Å². The molecule has 3 heterocycles. The molecule has 0 spiro atoms. The van der Waals surface area contributed by atoms with Gasteiger partial charge in [0, 0.05) is 38.7 Å². The number of piperidine rings is 1. The predicted molar refractivity (Wildman–Crippen MR) is 95.7 cm³/mol.